The van der Waals surface area contributed by atoms with Crippen LogP contribution in [0.3, 0.4) is 0 Å². The zero-order valence-electron chi connectivity index (χ0n) is 7.00. The summed E-state index contributed by atoms with van der Waals surface area (Å²) in [7, 11) is 1.18. The number of halogens is 1. The molecule has 1 aromatic carbocycles. The van der Waals surface area contributed by atoms with Crippen molar-refractivity contribution >= 4 is 11.7 Å². The van der Waals surface area contributed by atoms with Crippen LogP contribution < -0.4 is 11.3 Å². The third kappa shape index (κ3) is 1.75. The summed E-state index contributed by atoms with van der Waals surface area (Å²) >= 11 is 0. The van der Waals surface area contributed by atoms with Crippen LogP contribution >= 0.6 is 0 Å². The smallest absolute Gasteiger partial charge is 0.343 e. The fourth-order valence-electron chi connectivity index (χ4n) is 0.954. The van der Waals surface area contributed by atoms with Gasteiger partial charge in [-0.1, -0.05) is 6.07 Å². The van der Waals surface area contributed by atoms with Gasteiger partial charge in [-0.05, 0) is 12.1 Å². The summed E-state index contributed by atoms with van der Waals surface area (Å²) in [6.07, 6.45) is 0. The monoisotopic (exact) mass is 184 g/mol. The van der Waals surface area contributed by atoms with Crippen LogP contribution in [0.1, 0.15) is 10.4 Å². The number of carbonyl (C=O) groups is 1. The highest BCUT2D eigenvalue weighted by Crippen LogP contribution is 2.18. The molecule has 0 amide bonds. The normalized spacial score (nSPS) is 9.46. The van der Waals surface area contributed by atoms with Crippen molar-refractivity contribution in [3.05, 3.63) is 29.6 Å². The van der Waals surface area contributed by atoms with E-state index in [2.05, 4.69) is 10.2 Å². The maximum absolute atomic E-state index is 13.1. The molecule has 0 bridgehead atoms. The molecule has 0 saturated carbocycles. The first-order valence-corrected chi connectivity index (χ1v) is 3.54. The predicted molar refractivity (Wildman–Crippen MR) is 45.5 cm³/mol. The Kier molecular flexibility index (Phi) is 2.81. The molecule has 0 fully saturated rings. The zero-order chi connectivity index (χ0) is 9.84. The number of rotatable bonds is 2. The predicted octanol–water partition coefficient (Wildman–Crippen LogP) is 0.898. The molecule has 0 spiro atoms. The third-order valence-electron chi connectivity index (χ3n) is 1.56. The van der Waals surface area contributed by atoms with E-state index >= 15 is 0 Å². The highest BCUT2D eigenvalue weighted by molar-refractivity contribution is 5.95. The van der Waals surface area contributed by atoms with Crippen LogP contribution in [0.5, 0.6) is 0 Å². The molecule has 0 unspecified atom stereocenters. The van der Waals surface area contributed by atoms with Crippen molar-refractivity contribution < 1.29 is 13.9 Å². The van der Waals surface area contributed by atoms with Crippen LogP contribution in [0.2, 0.25) is 0 Å². The number of hydrogen-bond acceptors (Lipinski definition) is 4. The number of nitrogens with two attached hydrogens (primary N) is 1. The van der Waals surface area contributed by atoms with Crippen LogP contribution in [0, 0.1) is 5.82 Å². The average molecular weight is 184 g/mol. The molecule has 5 heteroatoms. The van der Waals surface area contributed by atoms with Crippen molar-refractivity contribution in [1.82, 2.24) is 0 Å². The molecule has 0 aliphatic rings. The van der Waals surface area contributed by atoms with Crippen molar-refractivity contribution in [2.75, 3.05) is 12.5 Å². The molecule has 0 heterocycles. The van der Waals surface area contributed by atoms with Crippen molar-refractivity contribution in [3.8, 4) is 0 Å². The van der Waals surface area contributed by atoms with Gasteiger partial charge in [0.1, 0.15) is 11.4 Å². The number of carbonyl (C=O) groups excluding carboxylic acids is 1. The minimum Gasteiger partial charge on any atom is -0.465 e. The minimum atomic E-state index is -0.758. The molecule has 0 saturated heterocycles. The van der Waals surface area contributed by atoms with E-state index in [1.165, 1.54) is 19.2 Å². The molecule has 1 rings (SSSR count). The van der Waals surface area contributed by atoms with E-state index in [1.54, 1.807) is 0 Å². The molecule has 13 heavy (non-hydrogen) atoms. The summed E-state index contributed by atoms with van der Waals surface area (Å²) < 4.78 is 17.5. The Bertz CT molecular complexity index is 328. The second-order valence-corrected chi connectivity index (χ2v) is 2.30. The number of anilines is 1. The lowest BCUT2D eigenvalue weighted by atomic mass is 10.1. The van der Waals surface area contributed by atoms with Crippen LogP contribution in [-0.2, 0) is 4.74 Å². The maximum Gasteiger partial charge on any atom is 0.343 e. The third-order valence-corrected chi connectivity index (χ3v) is 1.56. The Hall–Kier alpha value is -1.62. The quantitative estimate of drug-likeness (QED) is 0.407. The summed E-state index contributed by atoms with van der Waals surface area (Å²) in [6.45, 7) is 0. The Labute approximate surface area is 74.5 Å². The molecule has 0 radical (unpaired) electrons. The van der Waals surface area contributed by atoms with Crippen LogP contribution in [-0.4, -0.2) is 13.1 Å². The van der Waals surface area contributed by atoms with Gasteiger partial charge in [0.15, 0.2) is 0 Å². The largest absolute Gasteiger partial charge is 0.465 e. The van der Waals surface area contributed by atoms with E-state index in [4.69, 9.17) is 5.84 Å². The second-order valence-electron chi connectivity index (χ2n) is 2.30. The number of hydrogen-bond donors (Lipinski definition) is 2. The van der Waals surface area contributed by atoms with Crippen molar-refractivity contribution in [2.45, 2.75) is 0 Å². The lowest BCUT2D eigenvalue weighted by Gasteiger charge is -2.06. The lowest BCUT2D eigenvalue weighted by Crippen LogP contribution is -2.14. The first-order valence-electron chi connectivity index (χ1n) is 3.54. The van der Waals surface area contributed by atoms with Gasteiger partial charge >= 0.3 is 5.97 Å². The molecule has 0 atom stereocenters. The molecule has 0 aromatic heterocycles. The summed E-state index contributed by atoms with van der Waals surface area (Å²) in [5, 5.41) is 0. The van der Waals surface area contributed by atoms with E-state index in [1.807, 2.05) is 0 Å². The topological polar surface area (TPSA) is 64.3 Å². The van der Waals surface area contributed by atoms with Gasteiger partial charge in [0.2, 0.25) is 0 Å². The zero-order valence-corrected chi connectivity index (χ0v) is 7.00. The number of esters is 1. The number of methoxy groups -OCH3 is 1. The minimum absolute atomic E-state index is 0.187. The molecular weight excluding hydrogens is 175 g/mol. The number of ether oxygens (including phenoxy) is 1. The number of nitrogen functional groups attached to an aromatic ring is 1. The van der Waals surface area contributed by atoms with E-state index in [-0.39, 0.29) is 11.3 Å². The molecule has 70 valence electrons. The molecule has 0 aliphatic heterocycles. The second kappa shape index (κ2) is 3.86. The number of hydrazine groups is 1. The first kappa shape index (κ1) is 9.47. The van der Waals surface area contributed by atoms with Gasteiger partial charge in [0.05, 0.1) is 12.8 Å². The van der Waals surface area contributed by atoms with E-state index < -0.39 is 11.8 Å². The van der Waals surface area contributed by atoms with Crippen LogP contribution in [0.25, 0.3) is 0 Å². The van der Waals surface area contributed by atoms with E-state index in [9.17, 15) is 9.18 Å². The summed E-state index contributed by atoms with van der Waals surface area (Å²) in [4.78, 5) is 11.1. The maximum atomic E-state index is 13.1. The van der Waals surface area contributed by atoms with Crippen molar-refractivity contribution in [3.63, 3.8) is 0 Å². The number of nitrogens with one attached hydrogen (secondary N) is 1. The van der Waals surface area contributed by atoms with Gasteiger partial charge in [-0.3, -0.25) is 5.84 Å². The Balaban J connectivity index is 3.22. The van der Waals surface area contributed by atoms with Crippen LogP contribution in [0.4, 0.5) is 10.1 Å². The van der Waals surface area contributed by atoms with Crippen molar-refractivity contribution in [1.29, 1.82) is 0 Å². The Morgan fingerprint density at radius 1 is 1.62 bits per heavy atom. The number of benzene rings is 1. The Morgan fingerprint density at radius 2 is 2.31 bits per heavy atom. The molecule has 4 nitrogen and oxygen atoms in total. The summed E-state index contributed by atoms with van der Waals surface area (Å²) in [5.74, 6) is 3.66. The fraction of sp³-hybridized carbons (Fsp3) is 0.125. The van der Waals surface area contributed by atoms with E-state index in [0.717, 1.165) is 6.07 Å². The fourth-order valence-corrected chi connectivity index (χ4v) is 0.954. The van der Waals surface area contributed by atoms with Gasteiger partial charge in [-0.15, -0.1) is 0 Å². The van der Waals surface area contributed by atoms with Gasteiger partial charge < -0.3 is 10.2 Å². The highest BCUT2D eigenvalue weighted by Gasteiger charge is 2.16. The average Bonchev–Trinajstić information content (AvgIpc) is 2.16. The lowest BCUT2D eigenvalue weighted by molar-refractivity contribution is 0.0596. The van der Waals surface area contributed by atoms with E-state index in [0.29, 0.717) is 0 Å². The van der Waals surface area contributed by atoms with Crippen molar-refractivity contribution in [2.24, 2.45) is 5.84 Å². The van der Waals surface area contributed by atoms with Gasteiger partial charge in [-0.2, -0.15) is 0 Å². The van der Waals surface area contributed by atoms with Gasteiger partial charge in [-0.25, -0.2) is 9.18 Å². The molecule has 3 N–H and O–H groups in total. The molecule has 0 aliphatic carbocycles. The first-order chi connectivity index (χ1) is 6.20. The standard InChI is InChI=1S/C8H9FN2O2/c1-13-8(12)7-5(9)3-2-4-6(7)11-10/h2-4,11H,10H2,1H3. The highest BCUT2D eigenvalue weighted by atomic mass is 19.1. The van der Waals surface area contributed by atoms with Gasteiger partial charge in [0, 0.05) is 0 Å². The Morgan fingerprint density at radius 3 is 2.85 bits per heavy atom. The molecule has 1 aromatic rings. The summed E-state index contributed by atoms with van der Waals surface area (Å²) in [5.41, 5.74) is 2.22. The van der Waals surface area contributed by atoms with Crippen LogP contribution in [0.15, 0.2) is 18.2 Å². The SMILES string of the molecule is COC(=O)c1c(F)cccc1NN. The molecular formula is C8H9FN2O2. The summed E-state index contributed by atoms with van der Waals surface area (Å²) in [6, 6.07) is 4.08. The van der Waals surface area contributed by atoms with Gasteiger partial charge in [0.25, 0.3) is 0 Å².